The van der Waals surface area contributed by atoms with Crippen LogP contribution in [0.1, 0.15) is 23.5 Å². The van der Waals surface area contributed by atoms with Crippen molar-refractivity contribution in [3.8, 4) is 5.69 Å². The van der Waals surface area contributed by atoms with E-state index in [1.807, 2.05) is 30.3 Å². The molecule has 0 aliphatic carbocycles. The molecule has 2 aromatic rings. The number of benzene rings is 1. The van der Waals surface area contributed by atoms with Crippen molar-refractivity contribution in [2.75, 3.05) is 19.8 Å². The molecule has 1 amide bonds. The summed E-state index contributed by atoms with van der Waals surface area (Å²) in [6.45, 7) is 0.918. The van der Waals surface area contributed by atoms with Crippen LogP contribution < -0.4 is 5.32 Å². The fourth-order valence-electron chi connectivity index (χ4n) is 2.45. The number of para-hydroxylation sites is 1. The van der Waals surface area contributed by atoms with Crippen molar-refractivity contribution in [3.05, 3.63) is 42.5 Å². The number of aromatic nitrogens is 3. The molecule has 0 atom stereocenters. The first-order valence-corrected chi connectivity index (χ1v) is 7.21. The Bertz CT molecular complexity index is 635. The normalized spacial score (nSPS) is 17.1. The molecule has 1 saturated heterocycles. The highest BCUT2D eigenvalue weighted by atomic mass is 16.5. The van der Waals surface area contributed by atoms with Crippen LogP contribution in [0.15, 0.2) is 36.7 Å². The minimum Gasteiger partial charge on any atom is -0.394 e. The van der Waals surface area contributed by atoms with E-state index in [0.29, 0.717) is 26.1 Å². The van der Waals surface area contributed by atoms with Crippen LogP contribution in [0.3, 0.4) is 0 Å². The zero-order chi connectivity index (χ0) is 15.4. The number of amides is 1. The van der Waals surface area contributed by atoms with Crippen LogP contribution in [0.5, 0.6) is 0 Å². The summed E-state index contributed by atoms with van der Waals surface area (Å²) in [6, 6.07) is 9.44. The number of hydrogen-bond donors (Lipinski definition) is 2. The Balaban J connectivity index is 1.74. The van der Waals surface area contributed by atoms with E-state index in [9.17, 15) is 9.90 Å². The first kappa shape index (κ1) is 14.7. The molecule has 3 rings (SSSR count). The molecule has 0 spiro atoms. The van der Waals surface area contributed by atoms with Crippen LogP contribution in [-0.2, 0) is 4.74 Å². The van der Waals surface area contributed by atoms with Gasteiger partial charge in [0.2, 0.25) is 5.82 Å². The van der Waals surface area contributed by atoms with Gasteiger partial charge < -0.3 is 15.2 Å². The predicted molar refractivity (Wildman–Crippen MR) is 78.7 cm³/mol. The maximum atomic E-state index is 12.3. The van der Waals surface area contributed by atoms with Crippen molar-refractivity contribution < 1.29 is 14.6 Å². The van der Waals surface area contributed by atoms with Gasteiger partial charge in [0.25, 0.3) is 5.91 Å². The van der Waals surface area contributed by atoms with Crippen LogP contribution in [0.4, 0.5) is 0 Å². The van der Waals surface area contributed by atoms with Gasteiger partial charge in [-0.15, -0.1) is 5.10 Å². The molecule has 2 N–H and O–H groups in total. The monoisotopic (exact) mass is 302 g/mol. The number of nitrogens with one attached hydrogen (secondary N) is 1. The van der Waals surface area contributed by atoms with Crippen molar-refractivity contribution in [1.82, 2.24) is 20.1 Å². The molecule has 1 aliphatic rings. The highest BCUT2D eigenvalue weighted by Crippen LogP contribution is 2.20. The van der Waals surface area contributed by atoms with Gasteiger partial charge in [0, 0.05) is 13.2 Å². The standard InChI is InChI=1S/C15H18N4O3/c20-10-15(6-8-22-9-7-15)17-14(21)13-16-11-19(18-13)12-4-2-1-3-5-12/h1-5,11,20H,6-10H2,(H,17,21). The molecule has 0 bridgehead atoms. The number of rotatable bonds is 4. The average Bonchev–Trinajstić information content (AvgIpc) is 3.07. The maximum Gasteiger partial charge on any atom is 0.291 e. The summed E-state index contributed by atoms with van der Waals surface area (Å²) in [7, 11) is 0. The fraction of sp³-hybridized carbons (Fsp3) is 0.400. The summed E-state index contributed by atoms with van der Waals surface area (Å²) in [6.07, 6.45) is 2.66. The van der Waals surface area contributed by atoms with Crippen molar-refractivity contribution in [1.29, 1.82) is 0 Å². The largest absolute Gasteiger partial charge is 0.394 e. The van der Waals surface area contributed by atoms with Crippen molar-refractivity contribution in [3.63, 3.8) is 0 Å². The van der Waals surface area contributed by atoms with Gasteiger partial charge in [-0.2, -0.15) is 0 Å². The summed E-state index contributed by atoms with van der Waals surface area (Å²) in [4.78, 5) is 16.4. The summed E-state index contributed by atoms with van der Waals surface area (Å²) in [5, 5.41) is 16.7. The third-order valence-electron chi connectivity index (χ3n) is 3.85. The van der Waals surface area contributed by atoms with E-state index in [-0.39, 0.29) is 18.3 Å². The molecule has 116 valence electrons. The fourth-order valence-corrected chi connectivity index (χ4v) is 2.45. The smallest absolute Gasteiger partial charge is 0.291 e. The number of nitrogens with zero attached hydrogens (tertiary/aromatic N) is 3. The van der Waals surface area contributed by atoms with Gasteiger partial charge in [-0.25, -0.2) is 9.67 Å². The summed E-state index contributed by atoms with van der Waals surface area (Å²) in [5.74, 6) is -0.297. The number of carbonyl (C=O) groups is 1. The second-order valence-electron chi connectivity index (χ2n) is 5.35. The van der Waals surface area contributed by atoms with E-state index in [1.54, 1.807) is 4.68 Å². The van der Waals surface area contributed by atoms with Crippen LogP contribution in [0, 0.1) is 0 Å². The highest BCUT2D eigenvalue weighted by molar-refractivity contribution is 5.90. The number of hydrogen-bond acceptors (Lipinski definition) is 5. The third kappa shape index (κ3) is 3.00. The quantitative estimate of drug-likeness (QED) is 0.860. The Morgan fingerprint density at radius 3 is 2.73 bits per heavy atom. The van der Waals surface area contributed by atoms with Gasteiger partial charge in [-0.1, -0.05) is 18.2 Å². The van der Waals surface area contributed by atoms with E-state index in [4.69, 9.17) is 4.74 Å². The lowest BCUT2D eigenvalue weighted by Gasteiger charge is -2.35. The Kier molecular flexibility index (Phi) is 4.17. The van der Waals surface area contributed by atoms with Gasteiger partial charge in [-0.05, 0) is 25.0 Å². The van der Waals surface area contributed by atoms with Crippen LogP contribution >= 0.6 is 0 Å². The van der Waals surface area contributed by atoms with Gasteiger partial charge in [-0.3, -0.25) is 4.79 Å². The minimum atomic E-state index is -0.645. The molecule has 2 heterocycles. The zero-order valence-electron chi connectivity index (χ0n) is 12.1. The number of aliphatic hydroxyl groups is 1. The van der Waals surface area contributed by atoms with Crippen molar-refractivity contribution in [2.45, 2.75) is 18.4 Å². The molecular weight excluding hydrogens is 284 g/mol. The molecule has 22 heavy (non-hydrogen) atoms. The molecule has 1 aliphatic heterocycles. The van der Waals surface area contributed by atoms with Crippen LogP contribution in [0.2, 0.25) is 0 Å². The number of aliphatic hydroxyl groups excluding tert-OH is 1. The molecule has 1 aromatic carbocycles. The summed E-state index contributed by atoms with van der Waals surface area (Å²) in [5.41, 5.74) is 0.185. The van der Waals surface area contributed by atoms with Crippen molar-refractivity contribution >= 4 is 5.91 Å². The SMILES string of the molecule is O=C(NC1(CO)CCOCC1)c1ncn(-c2ccccc2)n1. The predicted octanol–water partition coefficient (Wildman–Crippen LogP) is 0.539. The Labute approximate surface area is 127 Å². The van der Waals surface area contributed by atoms with Gasteiger partial charge in [0.1, 0.15) is 6.33 Å². The molecule has 0 saturated carbocycles. The molecule has 7 nitrogen and oxygen atoms in total. The second kappa shape index (κ2) is 6.25. The summed E-state index contributed by atoms with van der Waals surface area (Å²) < 4.78 is 6.82. The Morgan fingerprint density at radius 2 is 2.05 bits per heavy atom. The lowest BCUT2D eigenvalue weighted by Crippen LogP contribution is -2.54. The average molecular weight is 302 g/mol. The van der Waals surface area contributed by atoms with E-state index in [1.165, 1.54) is 6.33 Å². The van der Waals surface area contributed by atoms with Crippen LogP contribution in [-0.4, -0.2) is 51.1 Å². The topological polar surface area (TPSA) is 89.3 Å². The molecule has 1 aromatic heterocycles. The van der Waals surface area contributed by atoms with E-state index < -0.39 is 5.54 Å². The highest BCUT2D eigenvalue weighted by Gasteiger charge is 2.34. The minimum absolute atomic E-state index is 0.0863. The van der Waals surface area contributed by atoms with E-state index in [0.717, 1.165) is 5.69 Å². The third-order valence-corrected chi connectivity index (χ3v) is 3.85. The van der Waals surface area contributed by atoms with Crippen LogP contribution in [0.25, 0.3) is 5.69 Å². The summed E-state index contributed by atoms with van der Waals surface area (Å²) >= 11 is 0. The zero-order valence-corrected chi connectivity index (χ0v) is 12.1. The second-order valence-corrected chi connectivity index (χ2v) is 5.35. The van der Waals surface area contributed by atoms with Crippen molar-refractivity contribution in [2.24, 2.45) is 0 Å². The molecule has 7 heteroatoms. The first-order chi connectivity index (χ1) is 10.7. The van der Waals surface area contributed by atoms with Gasteiger partial charge >= 0.3 is 0 Å². The number of carbonyl (C=O) groups excluding carboxylic acids is 1. The van der Waals surface area contributed by atoms with E-state index >= 15 is 0 Å². The maximum absolute atomic E-state index is 12.3. The lowest BCUT2D eigenvalue weighted by atomic mass is 9.91. The molecule has 0 radical (unpaired) electrons. The molecule has 1 fully saturated rings. The number of ether oxygens (including phenoxy) is 1. The lowest BCUT2D eigenvalue weighted by molar-refractivity contribution is 0.0123. The van der Waals surface area contributed by atoms with Gasteiger partial charge in [0.15, 0.2) is 0 Å². The molecule has 0 unspecified atom stereocenters. The van der Waals surface area contributed by atoms with Gasteiger partial charge in [0.05, 0.1) is 17.8 Å². The Morgan fingerprint density at radius 1 is 1.32 bits per heavy atom. The molecular formula is C15H18N4O3. The van der Waals surface area contributed by atoms with E-state index in [2.05, 4.69) is 15.4 Å². The first-order valence-electron chi connectivity index (χ1n) is 7.21. The Hall–Kier alpha value is -2.25.